The fourth-order valence-electron chi connectivity index (χ4n) is 2.43. The Hall–Kier alpha value is -3.57. The Bertz CT molecular complexity index is 1050. The molecule has 30 heavy (non-hydrogen) atoms. The first-order chi connectivity index (χ1) is 14.4. The number of halogens is 1. The fraction of sp³-hybridized carbons (Fsp3) is 0.136. The van der Waals surface area contributed by atoms with E-state index in [1.54, 1.807) is 42.5 Å². The van der Waals surface area contributed by atoms with Crippen LogP contribution >= 0.6 is 15.9 Å². The third-order valence-electron chi connectivity index (χ3n) is 3.78. The highest BCUT2D eigenvalue weighted by Gasteiger charge is 2.11. The highest BCUT2D eigenvalue weighted by atomic mass is 79.9. The normalized spacial score (nSPS) is 11.0. The smallest absolute Gasteiger partial charge is 0.348 e. The Balaban J connectivity index is 2.16. The summed E-state index contributed by atoms with van der Waals surface area (Å²) in [6.45, 7) is 0. The zero-order valence-corrected chi connectivity index (χ0v) is 18.1. The molecule has 0 heterocycles. The summed E-state index contributed by atoms with van der Waals surface area (Å²) >= 11 is 3.39. The van der Waals surface area contributed by atoms with Crippen molar-refractivity contribution < 1.29 is 28.5 Å². The summed E-state index contributed by atoms with van der Waals surface area (Å²) in [4.78, 5) is 23.7. The number of hydrogen-bond donors (Lipinski definition) is 0. The summed E-state index contributed by atoms with van der Waals surface area (Å²) in [5, 5.41) is 9.04. The van der Waals surface area contributed by atoms with Crippen molar-refractivity contribution in [1.29, 1.82) is 5.26 Å². The van der Waals surface area contributed by atoms with Gasteiger partial charge in [-0.15, -0.1) is 0 Å². The van der Waals surface area contributed by atoms with Gasteiger partial charge < -0.3 is 18.9 Å². The molecule has 0 aromatic heterocycles. The molecule has 0 aliphatic heterocycles. The molecule has 0 fully saturated rings. The average Bonchev–Trinajstić information content (AvgIpc) is 2.75. The second-order valence-electron chi connectivity index (χ2n) is 5.73. The Morgan fingerprint density at radius 2 is 1.83 bits per heavy atom. The molecule has 2 aromatic rings. The third-order valence-corrected chi connectivity index (χ3v) is 4.37. The van der Waals surface area contributed by atoms with Gasteiger partial charge in [0.2, 0.25) is 0 Å². The molecule has 8 heteroatoms. The van der Waals surface area contributed by atoms with Crippen molar-refractivity contribution in [2.75, 3.05) is 21.3 Å². The number of rotatable bonds is 7. The van der Waals surface area contributed by atoms with E-state index in [9.17, 15) is 9.59 Å². The van der Waals surface area contributed by atoms with E-state index in [0.717, 1.165) is 0 Å². The lowest BCUT2D eigenvalue weighted by Gasteiger charge is -2.10. The molecule has 0 spiro atoms. The lowest BCUT2D eigenvalue weighted by atomic mass is 10.1. The standard InChI is InChI=1S/C22H18BrNO6/c1-27-19-12-15(11-18(23)21(19)28-2)7-8-20(25)30-17-6-4-5-14(10-17)9-16(13-24)22(26)29-3/h4-12H,1-3H3/b8-7+,16-9+. The number of carbonyl (C=O) groups excluding carboxylic acids is 2. The van der Waals surface area contributed by atoms with Gasteiger partial charge in [0.1, 0.15) is 17.4 Å². The molecule has 0 bridgehead atoms. The molecule has 7 nitrogen and oxygen atoms in total. The Morgan fingerprint density at radius 3 is 2.47 bits per heavy atom. The van der Waals surface area contributed by atoms with Crippen LogP contribution in [-0.4, -0.2) is 33.3 Å². The lowest BCUT2D eigenvalue weighted by Crippen LogP contribution is -2.04. The molecule has 0 N–H and O–H groups in total. The fourth-order valence-corrected chi connectivity index (χ4v) is 3.05. The number of carbonyl (C=O) groups is 2. The van der Waals surface area contributed by atoms with Gasteiger partial charge in [-0.05, 0) is 63.5 Å². The van der Waals surface area contributed by atoms with Crippen molar-refractivity contribution in [3.63, 3.8) is 0 Å². The molecule has 2 rings (SSSR count). The number of benzene rings is 2. The minimum Gasteiger partial charge on any atom is -0.493 e. The number of nitriles is 1. The van der Waals surface area contributed by atoms with Crippen LogP contribution in [0.3, 0.4) is 0 Å². The molecular weight excluding hydrogens is 454 g/mol. The maximum atomic E-state index is 12.2. The second-order valence-corrected chi connectivity index (χ2v) is 6.58. The van der Waals surface area contributed by atoms with Crippen LogP contribution in [0.2, 0.25) is 0 Å². The molecule has 0 amide bonds. The Morgan fingerprint density at radius 1 is 1.07 bits per heavy atom. The first-order valence-corrected chi connectivity index (χ1v) is 9.32. The van der Waals surface area contributed by atoms with Crippen LogP contribution in [0.4, 0.5) is 0 Å². The van der Waals surface area contributed by atoms with Crippen LogP contribution in [0.25, 0.3) is 12.2 Å². The topological polar surface area (TPSA) is 94.9 Å². The molecule has 0 atom stereocenters. The first kappa shape index (κ1) is 22.7. The predicted octanol–water partition coefficient (Wildman–Crippen LogP) is 4.17. The van der Waals surface area contributed by atoms with E-state index >= 15 is 0 Å². The number of esters is 2. The number of methoxy groups -OCH3 is 3. The third kappa shape index (κ3) is 5.96. The van der Waals surface area contributed by atoms with Crippen LogP contribution < -0.4 is 14.2 Å². The van der Waals surface area contributed by atoms with Gasteiger partial charge in [-0.3, -0.25) is 0 Å². The molecular formula is C22H18BrNO6. The van der Waals surface area contributed by atoms with E-state index in [-0.39, 0.29) is 11.3 Å². The van der Waals surface area contributed by atoms with E-state index < -0.39 is 11.9 Å². The second kappa shape index (κ2) is 10.8. The monoisotopic (exact) mass is 471 g/mol. The van der Waals surface area contributed by atoms with Gasteiger partial charge in [0.15, 0.2) is 11.5 Å². The minimum atomic E-state index is -0.746. The van der Waals surface area contributed by atoms with Crippen LogP contribution in [0.15, 0.2) is 52.5 Å². The zero-order chi connectivity index (χ0) is 22.1. The number of nitrogens with zero attached hydrogens (tertiary/aromatic N) is 1. The average molecular weight is 472 g/mol. The SMILES string of the molecule is COC(=O)/C(C#N)=C/c1cccc(OC(=O)/C=C/c2cc(Br)c(OC)c(OC)c2)c1. The maximum Gasteiger partial charge on any atom is 0.348 e. The molecule has 0 unspecified atom stereocenters. The van der Waals surface area contributed by atoms with E-state index in [1.165, 1.54) is 39.5 Å². The van der Waals surface area contributed by atoms with Gasteiger partial charge in [-0.1, -0.05) is 12.1 Å². The van der Waals surface area contributed by atoms with Crippen molar-refractivity contribution in [2.24, 2.45) is 0 Å². The summed E-state index contributed by atoms with van der Waals surface area (Å²) in [6, 6.07) is 11.7. The van der Waals surface area contributed by atoms with Gasteiger partial charge in [0, 0.05) is 6.08 Å². The van der Waals surface area contributed by atoms with E-state index in [4.69, 9.17) is 19.5 Å². The molecule has 154 valence electrons. The Labute approximate surface area is 182 Å². The quantitative estimate of drug-likeness (QED) is 0.258. The Kier molecular flexibility index (Phi) is 8.20. The summed E-state index contributed by atoms with van der Waals surface area (Å²) in [7, 11) is 4.24. The molecule has 0 aliphatic carbocycles. The van der Waals surface area contributed by atoms with Gasteiger partial charge in [0.05, 0.1) is 25.8 Å². The van der Waals surface area contributed by atoms with Gasteiger partial charge >= 0.3 is 11.9 Å². The molecule has 0 aliphatic rings. The number of ether oxygens (including phenoxy) is 4. The predicted molar refractivity (Wildman–Crippen MR) is 114 cm³/mol. The van der Waals surface area contributed by atoms with Crippen LogP contribution in [-0.2, 0) is 14.3 Å². The summed E-state index contributed by atoms with van der Waals surface area (Å²) in [5.41, 5.74) is 1.04. The van der Waals surface area contributed by atoms with Crippen LogP contribution in [0.5, 0.6) is 17.2 Å². The minimum absolute atomic E-state index is 0.167. The lowest BCUT2D eigenvalue weighted by molar-refractivity contribution is -0.135. The van der Waals surface area contributed by atoms with Crippen molar-refractivity contribution in [1.82, 2.24) is 0 Å². The zero-order valence-electron chi connectivity index (χ0n) is 16.5. The highest BCUT2D eigenvalue weighted by Crippen LogP contribution is 2.36. The maximum absolute atomic E-state index is 12.2. The number of hydrogen-bond acceptors (Lipinski definition) is 7. The summed E-state index contributed by atoms with van der Waals surface area (Å²) in [6.07, 6.45) is 4.19. The summed E-state index contributed by atoms with van der Waals surface area (Å²) < 4.78 is 21.0. The van der Waals surface area contributed by atoms with Crippen molar-refractivity contribution in [3.8, 4) is 23.3 Å². The van der Waals surface area contributed by atoms with Gasteiger partial charge in [-0.2, -0.15) is 5.26 Å². The molecule has 0 saturated carbocycles. The summed E-state index contributed by atoms with van der Waals surface area (Å²) in [5.74, 6) is -0.0301. The van der Waals surface area contributed by atoms with Crippen LogP contribution in [0.1, 0.15) is 11.1 Å². The van der Waals surface area contributed by atoms with Gasteiger partial charge in [-0.25, -0.2) is 9.59 Å². The van der Waals surface area contributed by atoms with Crippen LogP contribution in [0, 0.1) is 11.3 Å². The van der Waals surface area contributed by atoms with E-state index in [0.29, 0.717) is 27.1 Å². The van der Waals surface area contributed by atoms with E-state index in [1.807, 2.05) is 0 Å². The molecule has 0 saturated heterocycles. The van der Waals surface area contributed by atoms with Crippen molar-refractivity contribution >= 4 is 40.0 Å². The van der Waals surface area contributed by atoms with E-state index in [2.05, 4.69) is 20.7 Å². The van der Waals surface area contributed by atoms with Crippen molar-refractivity contribution in [2.45, 2.75) is 0 Å². The highest BCUT2D eigenvalue weighted by molar-refractivity contribution is 9.10. The molecule has 2 aromatic carbocycles. The van der Waals surface area contributed by atoms with Gasteiger partial charge in [0.25, 0.3) is 0 Å². The first-order valence-electron chi connectivity index (χ1n) is 8.53. The molecule has 0 radical (unpaired) electrons. The van der Waals surface area contributed by atoms with Crippen molar-refractivity contribution in [3.05, 3.63) is 63.6 Å². The largest absolute Gasteiger partial charge is 0.493 e.